The Morgan fingerprint density at radius 3 is 1.76 bits per heavy atom. The maximum absolute atomic E-state index is 5.83. The molecule has 0 aliphatic heterocycles. The number of aromatic nitrogens is 2. The molecule has 0 bridgehead atoms. The first-order valence-electron chi connectivity index (χ1n) is 8.46. The summed E-state index contributed by atoms with van der Waals surface area (Å²) in [5.41, 5.74) is 3.01. The molecule has 0 saturated carbocycles. The fourth-order valence-electron chi connectivity index (χ4n) is 1.87. The number of hydrogen-bond acceptors (Lipinski definition) is 4. The minimum absolute atomic E-state index is 0.412. The Morgan fingerprint density at radius 1 is 0.680 bits per heavy atom. The van der Waals surface area contributed by atoms with E-state index in [1.165, 1.54) is 6.33 Å². The highest BCUT2D eigenvalue weighted by atomic mass is 35.5. The molecule has 0 atom stereocenters. The molecule has 0 fully saturated rings. The summed E-state index contributed by atoms with van der Waals surface area (Å²) in [6, 6.07) is 19.7. The number of halogens is 1. The summed E-state index contributed by atoms with van der Waals surface area (Å²) >= 11 is 5.83. The molecule has 0 saturated heterocycles. The molecule has 2 N–H and O–H groups in total. The van der Waals surface area contributed by atoms with Gasteiger partial charge in [0.25, 0.3) is 0 Å². The van der Waals surface area contributed by atoms with Gasteiger partial charge in [0.15, 0.2) is 0 Å². The molecule has 1 aromatic heterocycles. The fourth-order valence-corrected chi connectivity index (χ4v) is 2.02. The van der Waals surface area contributed by atoms with Crippen LogP contribution in [0.4, 0.5) is 22.9 Å². The third-order valence-corrected chi connectivity index (χ3v) is 3.06. The van der Waals surface area contributed by atoms with Crippen molar-refractivity contribution in [2.24, 2.45) is 0 Å². The van der Waals surface area contributed by atoms with Crippen molar-refractivity contribution in [2.75, 3.05) is 10.6 Å². The highest BCUT2D eigenvalue weighted by molar-refractivity contribution is 6.29. The molecule has 0 unspecified atom stereocenters. The van der Waals surface area contributed by atoms with E-state index < -0.39 is 0 Å². The number of nitrogens with zero attached hydrogens (tertiary/aromatic N) is 2. The number of hydrogen-bond donors (Lipinski definition) is 2. The monoisotopic (exact) mass is 356 g/mol. The van der Waals surface area contributed by atoms with Gasteiger partial charge in [0.2, 0.25) is 0 Å². The molecule has 3 aromatic rings. The van der Waals surface area contributed by atoms with Gasteiger partial charge in [0.1, 0.15) is 17.3 Å². The van der Waals surface area contributed by atoms with Gasteiger partial charge >= 0.3 is 0 Å². The lowest BCUT2D eigenvalue weighted by Crippen LogP contribution is -1.95. The summed E-state index contributed by atoms with van der Waals surface area (Å²) in [6.07, 6.45) is 1.43. The van der Waals surface area contributed by atoms with Gasteiger partial charge in [-0.25, -0.2) is 9.97 Å². The van der Waals surface area contributed by atoms with Crippen LogP contribution in [-0.4, -0.2) is 9.97 Å². The molecule has 4 nitrogen and oxygen atoms in total. The Balaban J connectivity index is 0.000000730. The van der Waals surface area contributed by atoms with Crippen molar-refractivity contribution >= 4 is 34.5 Å². The van der Waals surface area contributed by atoms with Crippen LogP contribution in [0.5, 0.6) is 0 Å². The van der Waals surface area contributed by atoms with Crippen LogP contribution in [0.15, 0.2) is 67.0 Å². The van der Waals surface area contributed by atoms with Gasteiger partial charge in [-0.05, 0) is 36.4 Å². The van der Waals surface area contributed by atoms with Gasteiger partial charge in [0.05, 0.1) is 0 Å². The minimum Gasteiger partial charge on any atom is -0.356 e. The van der Waals surface area contributed by atoms with Crippen molar-refractivity contribution in [3.63, 3.8) is 0 Å². The number of benzene rings is 2. The van der Waals surface area contributed by atoms with Crippen LogP contribution in [0.1, 0.15) is 27.7 Å². The summed E-state index contributed by atoms with van der Waals surface area (Å²) in [5.74, 6) is 0.666. The van der Waals surface area contributed by atoms with E-state index in [-0.39, 0.29) is 0 Å². The third kappa shape index (κ3) is 7.23. The molecule has 0 radical (unpaired) electrons. The Labute approximate surface area is 155 Å². The summed E-state index contributed by atoms with van der Waals surface area (Å²) < 4.78 is 0. The molecule has 5 heteroatoms. The Kier molecular flexibility index (Phi) is 9.71. The van der Waals surface area contributed by atoms with Crippen molar-refractivity contribution < 1.29 is 0 Å². The summed E-state index contributed by atoms with van der Waals surface area (Å²) in [5, 5.41) is 6.91. The molecule has 1 heterocycles. The van der Waals surface area contributed by atoms with E-state index in [0.29, 0.717) is 11.0 Å². The van der Waals surface area contributed by atoms with E-state index in [2.05, 4.69) is 20.6 Å². The van der Waals surface area contributed by atoms with Gasteiger partial charge in [0, 0.05) is 23.1 Å². The lowest BCUT2D eigenvalue weighted by Gasteiger charge is -2.09. The zero-order valence-electron chi connectivity index (χ0n) is 15.1. The van der Waals surface area contributed by atoms with Gasteiger partial charge in [-0.1, -0.05) is 57.5 Å². The van der Waals surface area contributed by atoms with Crippen molar-refractivity contribution in [2.45, 2.75) is 27.7 Å². The van der Waals surface area contributed by atoms with Crippen LogP contribution in [0.25, 0.3) is 0 Å². The van der Waals surface area contributed by atoms with Crippen LogP contribution in [-0.2, 0) is 0 Å². The van der Waals surface area contributed by atoms with Crippen molar-refractivity contribution in [3.05, 3.63) is 72.1 Å². The second kappa shape index (κ2) is 11.9. The van der Waals surface area contributed by atoms with E-state index in [4.69, 9.17) is 11.6 Å². The van der Waals surface area contributed by atoms with Crippen molar-refractivity contribution in [3.8, 4) is 0 Å². The summed E-state index contributed by atoms with van der Waals surface area (Å²) in [6.45, 7) is 8.00. The maximum Gasteiger partial charge on any atom is 0.135 e. The third-order valence-electron chi connectivity index (χ3n) is 2.85. The van der Waals surface area contributed by atoms with Crippen molar-refractivity contribution in [1.29, 1.82) is 0 Å². The molecule has 0 spiro atoms. The molecule has 3 rings (SSSR count). The summed E-state index contributed by atoms with van der Waals surface area (Å²) in [7, 11) is 0. The van der Waals surface area contributed by atoms with E-state index in [9.17, 15) is 0 Å². The van der Waals surface area contributed by atoms with Crippen LogP contribution in [0, 0.1) is 0 Å². The van der Waals surface area contributed by atoms with Crippen LogP contribution >= 0.6 is 11.6 Å². The number of rotatable bonds is 4. The second-order valence-electron chi connectivity index (χ2n) is 4.42. The topological polar surface area (TPSA) is 49.8 Å². The quantitative estimate of drug-likeness (QED) is 0.512. The van der Waals surface area contributed by atoms with Gasteiger partial charge < -0.3 is 10.6 Å². The average Bonchev–Trinajstić information content (AvgIpc) is 2.68. The van der Waals surface area contributed by atoms with E-state index in [1.54, 1.807) is 6.07 Å². The Hall–Kier alpha value is -2.59. The molecule has 25 heavy (non-hydrogen) atoms. The zero-order valence-corrected chi connectivity index (χ0v) is 15.9. The first-order valence-corrected chi connectivity index (χ1v) is 8.84. The van der Waals surface area contributed by atoms with E-state index in [1.807, 2.05) is 82.3 Å². The van der Waals surface area contributed by atoms with E-state index in [0.717, 1.165) is 17.1 Å². The SMILES string of the molecule is CC.CC.Clc1cc(Nc2ccc(Nc3ccccc3)cc2)ncn1. The average molecular weight is 357 g/mol. The number of anilines is 4. The molecular formula is C20H25ClN4. The molecule has 0 amide bonds. The van der Waals surface area contributed by atoms with Gasteiger partial charge in [-0.3, -0.25) is 0 Å². The Morgan fingerprint density at radius 2 is 1.20 bits per heavy atom. The van der Waals surface area contributed by atoms with Crippen LogP contribution < -0.4 is 10.6 Å². The molecule has 2 aromatic carbocycles. The predicted octanol–water partition coefficient (Wildman–Crippen LogP) is 6.67. The zero-order chi connectivity index (χ0) is 18.5. The first kappa shape index (κ1) is 20.5. The minimum atomic E-state index is 0.412. The Bertz CT molecular complexity index is 715. The smallest absolute Gasteiger partial charge is 0.135 e. The van der Waals surface area contributed by atoms with Gasteiger partial charge in [-0.2, -0.15) is 0 Å². The number of para-hydroxylation sites is 1. The number of nitrogens with one attached hydrogen (secondary N) is 2. The first-order chi connectivity index (χ1) is 12.3. The molecule has 0 aliphatic rings. The van der Waals surface area contributed by atoms with Crippen LogP contribution in [0.3, 0.4) is 0 Å². The van der Waals surface area contributed by atoms with Gasteiger partial charge in [-0.15, -0.1) is 0 Å². The maximum atomic E-state index is 5.83. The predicted molar refractivity (Wildman–Crippen MR) is 109 cm³/mol. The summed E-state index contributed by atoms with van der Waals surface area (Å²) in [4.78, 5) is 7.95. The fraction of sp³-hybridized carbons (Fsp3) is 0.200. The van der Waals surface area contributed by atoms with Crippen LogP contribution in [0.2, 0.25) is 5.15 Å². The second-order valence-corrected chi connectivity index (χ2v) is 4.81. The molecular weight excluding hydrogens is 332 g/mol. The lowest BCUT2D eigenvalue weighted by molar-refractivity contribution is 1.17. The molecule has 132 valence electrons. The normalized spacial score (nSPS) is 9.00. The largest absolute Gasteiger partial charge is 0.356 e. The van der Waals surface area contributed by atoms with Crippen molar-refractivity contribution in [1.82, 2.24) is 9.97 Å². The lowest BCUT2D eigenvalue weighted by atomic mass is 10.2. The molecule has 0 aliphatic carbocycles. The van der Waals surface area contributed by atoms with E-state index >= 15 is 0 Å². The highest BCUT2D eigenvalue weighted by Crippen LogP contribution is 2.21. The highest BCUT2D eigenvalue weighted by Gasteiger charge is 1.99. The standard InChI is InChI=1S/C16H13ClN4.2C2H6/c17-15-10-16(19-11-18-15)21-14-8-6-13(7-9-14)20-12-4-2-1-3-5-12;2*1-2/h1-11,20H,(H,18,19,21);2*1-2H3.